The van der Waals surface area contributed by atoms with Crippen LogP contribution in [0.15, 0.2) is 53.2 Å². The zero-order valence-electron chi connectivity index (χ0n) is 13.1. The third kappa shape index (κ3) is 3.26. The van der Waals surface area contributed by atoms with Gasteiger partial charge in [-0.1, -0.05) is 23.7 Å². The Morgan fingerprint density at radius 1 is 1.04 bits per heavy atom. The van der Waals surface area contributed by atoms with E-state index >= 15 is 0 Å². The van der Waals surface area contributed by atoms with Gasteiger partial charge in [-0.05, 0) is 42.0 Å². The first-order valence-electron chi connectivity index (χ1n) is 7.11. The Morgan fingerprint density at radius 3 is 2.42 bits per heavy atom. The summed E-state index contributed by atoms with van der Waals surface area (Å²) in [6.45, 7) is 0. The minimum atomic E-state index is -0.505. The Morgan fingerprint density at radius 2 is 1.75 bits per heavy atom. The molecule has 0 N–H and O–H groups in total. The Balaban J connectivity index is 1.93. The quantitative estimate of drug-likeness (QED) is 0.627. The van der Waals surface area contributed by atoms with Gasteiger partial charge in [0, 0.05) is 10.6 Å². The van der Waals surface area contributed by atoms with Crippen molar-refractivity contribution in [1.82, 2.24) is 0 Å². The Bertz CT molecular complexity index is 841. The number of esters is 1. The topological polar surface area (TPSA) is 57.1 Å². The Labute approximate surface area is 144 Å². The van der Waals surface area contributed by atoms with Gasteiger partial charge in [-0.2, -0.15) is 0 Å². The maximum atomic E-state index is 12.0. The van der Waals surface area contributed by atoms with E-state index in [4.69, 9.17) is 25.8 Å². The zero-order valence-corrected chi connectivity index (χ0v) is 13.8. The van der Waals surface area contributed by atoms with Crippen LogP contribution >= 0.6 is 11.6 Å². The molecule has 0 radical (unpaired) electrons. The van der Waals surface area contributed by atoms with Crippen molar-refractivity contribution in [1.29, 1.82) is 0 Å². The van der Waals surface area contributed by atoms with Crippen molar-refractivity contribution in [2.75, 3.05) is 14.2 Å². The second-order valence-corrected chi connectivity index (χ2v) is 5.39. The summed E-state index contributed by atoms with van der Waals surface area (Å²) >= 11 is 5.85. The van der Waals surface area contributed by atoms with Crippen molar-refractivity contribution < 1.29 is 19.0 Å². The van der Waals surface area contributed by atoms with Crippen LogP contribution in [0.4, 0.5) is 0 Å². The van der Waals surface area contributed by atoms with Crippen LogP contribution in [0.2, 0.25) is 5.02 Å². The smallest absolute Gasteiger partial charge is 0.363 e. The maximum absolute atomic E-state index is 12.0. The summed E-state index contributed by atoms with van der Waals surface area (Å²) in [4.78, 5) is 16.3. The van der Waals surface area contributed by atoms with Crippen LogP contribution < -0.4 is 9.47 Å². The first kappa shape index (κ1) is 16.1. The number of ether oxygens (including phenoxy) is 3. The van der Waals surface area contributed by atoms with E-state index in [-0.39, 0.29) is 11.6 Å². The molecule has 1 heterocycles. The molecule has 0 unspecified atom stereocenters. The van der Waals surface area contributed by atoms with E-state index in [0.29, 0.717) is 22.1 Å². The molecule has 2 aromatic carbocycles. The second kappa shape index (κ2) is 6.76. The van der Waals surface area contributed by atoms with Gasteiger partial charge >= 0.3 is 5.97 Å². The van der Waals surface area contributed by atoms with Crippen LogP contribution in [0.5, 0.6) is 11.5 Å². The first-order chi connectivity index (χ1) is 11.6. The minimum absolute atomic E-state index is 0.223. The fourth-order valence-corrected chi connectivity index (χ4v) is 2.34. The number of cyclic esters (lactones) is 1. The van der Waals surface area contributed by atoms with Gasteiger partial charge in [-0.3, -0.25) is 0 Å². The lowest BCUT2D eigenvalue weighted by molar-refractivity contribution is -0.129. The van der Waals surface area contributed by atoms with Gasteiger partial charge < -0.3 is 14.2 Å². The lowest BCUT2D eigenvalue weighted by Crippen LogP contribution is -2.05. The molecular formula is C18H14ClNO4. The fourth-order valence-electron chi connectivity index (χ4n) is 2.22. The Hall–Kier alpha value is -2.79. The van der Waals surface area contributed by atoms with E-state index in [9.17, 15) is 4.79 Å². The molecule has 0 fully saturated rings. The average molecular weight is 344 g/mol. The van der Waals surface area contributed by atoms with Gasteiger partial charge in [0.1, 0.15) is 0 Å². The van der Waals surface area contributed by atoms with Crippen LogP contribution in [0, 0.1) is 0 Å². The molecule has 0 saturated heterocycles. The molecule has 2 aromatic rings. The standard InChI is InChI=1S/C18H14ClNO4/c1-22-15-8-5-12(10-16(15)23-2)17-20-14(18(21)24-17)9-11-3-6-13(19)7-4-11/h3-10H,1-2H3/b14-9+. The molecule has 6 heteroatoms. The molecule has 0 atom stereocenters. The number of hydrogen-bond donors (Lipinski definition) is 0. The normalized spacial score (nSPS) is 15.2. The summed E-state index contributed by atoms with van der Waals surface area (Å²) in [5.74, 6) is 0.836. The molecule has 3 rings (SSSR count). The predicted octanol–water partition coefficient (Wildman–Crippen LogP) is 3.70. The van der Waals surface area contributed by atoms with Crippen molar-refractivity contribution in [3.05, 3.63) is 64.3 Å². The average Bonchev–Trinajstić information content (AvgIpc) is 2.97. The third-order valence-corrected chi connectivity index (χ3v) is 3.68. The molecule has 0 amide bonds. The van der Waals surface area contributed by atoms with Gasteiger partial charge in [-0.25, -0.2) is 9.79 Å². The van der Waals surface area contributed by atoms with Crippen LogP contribution in [0.3, 0.4) is 0 Å². The summed E-state index contributed by atoms with van der Waals surface area (Å²) in [5.41, 5.74) is 1.66. The molecule has 122 valence electrons. The highest BCUT2D eigenvalue weighted by Gasteiger charge is 2.25. The third-order valence-electron chi connectivity index (χ3n) is 3.42. The molecule has 0 saturated carbocycles. The highest BCUT2D eigenvalue weighted by atomic mass is 35.5. The summed E-state index contributed by atoms with van der Waals surface area (Å²) in [7, 11) is 3.09. The molecule has 0 aromatic heterocycles. The number of rotatable bonds is 4. The van der Waals surface area contributed by atoms with Gasteiger partial charge in [0.05, 0.1) is 14.2 Å². The number of benzene rings is 2. The van der Waals surface area contributed by atoms with Gasteiger partial charge in [-0.15, -0.1) is 0 Å². The van der Waals surface area contributed by atoms with Crippen LogP contribution in [-0.2, 0) is 9.53 Å². The first-order valence-corrected chi connectivity index (χ1v) is 7.49. The lowest BCUT2D eigenvalue weighted by atomic mass is 10.2. The van der Waals surface area contributed by atoms with Crippen molar-refractivity contribution in [2.24, 2.45) is 4.99 Å². The number of methoxy groups -OCH3 is 2. The predicted molar refractivity (Wildman–Crippen MR) is 91.6 cm³/mol. The van der Waals surface area contributed by atoms with E-state index in [1.54, 1.807) is 55.7 Å². The van der Waals surface area contributed by atoms with Crippen molar-refractivity contribution in [3.63, 3.8) is 0 Å². The minimum Gasteiger partial charge on any atom is -0.493 e. The summed E-state index contributed by atoms with van der Waals surface area (Å²) < 4.78 is 15.7. The van der Waals surface area contributed by atoms with Crippen LogP contribution in [0.1, 0.15) is 11.1 Å². The molecule has 1 aliphatic heterocycles. The number of carbonyl (C=O) groups excluding carboxylic acids is 1. The van der Waals surface area contributed by atoms with Crippen molar-refractivity contribution >= 4 is 29.5 Å². The number of carbonyl (C=O) groups is 1. The van der Waals surface area contributed by atoms with E-state index in [2.05, 4.69) is 4.99 Å². The Kier molecular flexibility index (Phi) is 4.53. The van der Waals surface area contributed by atoms with Crippen molar-refractivity contribution in [3.8, 4) is 11.5 Å². The number of halogens is 1. The molecule has 0 spiro atoms. The summed E-state index contributed by atoms with van der Waals surface area (Å²) in [6, 6.07) is 12.3. The highest BCUT2D eigenvalue weighted by Crippen LogP contribution is 2.29. The SMILES string of the molecule is COc1ccc(C2=N/C(=C/c3ccc(Cl)cc3)C(=O)O2)cc1OC. The molecule has 5 nitrogen and oxygen atoms in total. The lowest BCUT2D eigenvalue weighted by Gasteiger charge is -2.08. The van der Waals surface area contributed by atoms with E-state index < -0.39 is 5.97 Å². The highest BCUT2D eigenvalue weighted by molar-refractivity contribution is 6.30. The summed E-state index contributed by atoms with van der Waals surface area (Å²) in [6.07, 6.45) is 1.65. The molecule has 1 aliphatic rings. The zero-order chi connectivity index (χ0) is 17.1. The molecular weight excluding hydrogens is 330 g/mol. The maximum Gasteiger partial charge on any atom is 0.363 e. The number of aliphatic imine (C=N–C) groups is 1. The van der Waals surface area contributed by atoms with Gasteiger partial charge in [0.15, 0.2) is 17.2 Å². The monoisotopic (exact) mass is 343 g/mol. The largest absolute Gasteiger partial charge is 0.493 e. The van der Waals surface area contributed by atoms with Gasteiger partial charge in [0.2, 0.25) is 5.90 Å². The molecule has 0 bridgehead atoms. The fraction of sp³-hybridized carbons (Fsp3) is 0.111. The van der Waals surface area contributed by atoms with E-state index in [1.807, 2.05) is 0 Å². The van der Waals surface area contributed by atoms with Gasteiger partial charge in [0.25, 0.3) is 0 Å². The van der Waals surface area contributed by atoms with Crippen molar-refractivity contribution in [2.45, 2.75) is 0 Å². The number of nitrogens with zero attached hydrogens (tertiary/aromatic N) is 1. The van der Waals surface area contributed by atoms with Crippen LogP contribution in [0.25, 0.3) is 6.08 Å². The van der Waals surface area contributed by atoms with E-state index in [1.165, 1.54) is 7.11 Å². The molecule has 0 aliphatic carbocycles. The van der Waals surface area contributed by atoms with E-state index in [0.717, 1.165) is 5.56 Å². The second-order valence-electron chi connectivity index (χ2n) is 4.96. The summed E-state index contributed by atoms with van der Waals surface area (Å²) in [5, 5.41) is 0.626. The van der Waals surface area contributed by atoms with Crippen LogP contribution in [-0.4, -0.2) is 26.1 Å². The molecule has 24 heavy (non-hydrogen) atoms. The number of hydrogen-bond acceptors (Lipinski definition) is 5.